The topological polar surface area (TPSA) is 12.0 Å². The number of nitrogens with one attached hydrogen (secondary N) is 1. The van der Waals surface area contributed by atoms with Gasteiger partial charge in [-0.3, -0.25) is 0 Å². The Bertz CT molecular complexity index is 316. The third-order valence-electron chi connectivity index (χ3n) is 2.90. The highest BCUT2D eigenvalue weighted by molar-refractivity contribution is 5.51. The average molecular weight is 193 g/mol. The minimum atomic E-state index is -0.153. The largest absolute Gasteiger partial charge is 0.382 e. The summed E-state index contributed by atoms with van der Waals surface area (Å²) in [5.41, 5.74) is 2.08. The van der Waals surface area contributed by atoms with E-state index in [9.17, 15) is 4.39 Å². The van der Waals surface area contributed by atoms with E-state index in [4.69, 9.17) is 0 Å². The summed E-state index contributed by atoms with van der Waals surface area (Å²) >= 11 is 0. The van der Waals surface area contributed by atoms with E-state index in [0.29, 0.717) is 6.04 Å². The standard InChI is InChI=1S/C12H16FN/c1-9-8-10(13)6-7-12(9)14-11-4-2-3-5-11/h6-8,11,14H,2-5H2,1H3. The summed E-state index contributed by atoms with van der Waals surface area (Å²) in [6.45, 7) is 1.94. The molecule has 76 valence electrons. The highest BCUT2D eigenvalue weighted by Crippen LogP contribution is 2.24. The van der Waals surface area contributed by atoms with Gasteiger partial charge in [0, 0.05) is 11.7 Å². The lowest BCUT2D eigenvalue weighted by Crippen LogP contribution is -2.15. The molecule has 14 heavy (non-hydrogen) atoms. The van der Waals surface area contributed by atoms with Crippen LogP contribution in [0.4, 0.5) is 10.1 Å². The highest BCUT2D eigenvalue weighted by atomic mass is 19.1. The Morgan fingerprint density at radius 2 is 2.00 bits per heavy atom. The maximum Gasteiger partial charge on any atom is 0.123 e. The number of benzene rings is 1. The van der Waals surface area contributed by atoms with E-state index < -0.39 is 0 Å². The Kier molecular flexibility index (Phi) is 2.71. The molecule has 1 fully saturated rings. The Balaban J connectivity index is 2.08. The van der Waals surface area contributed by atoms with Gasteiger partial charge in [0.05, 0.1) is 0 Å². The molecular formula is C12H16FN. The SMILES string of the molecule is Cc1cc(F)ccc1NC1CCCC1. The monoisotopic (exact) mass is 193 g/mol. The van der Waals surface area contributed by atoms with Gasteiger partial charge in [-0.2, -0.15) is 0 Å². The van der Waals surface area contributed by atoms with E-state index >= 15 is 0 Å². The van der Waals surface area contributed by atoms with Crippen molar-refractivity contribution < 1.29 is 4.39 Å². The number of hydrogen-bond acceptors (Lipinski definition) is 1. The predicted octanol–water partition coefficient (Wildman–Crippen LogP) is 3.49. The molecule has 0 bridgehead atoms. The van der Waals surface area contributed by atoms with Crippen molar-refractivity contribution in [3.63, 3.8) is 0 Å². The Labute approximate surface area is 84.3 Å². The first-order valence-electron chi connectivity index (χ1n) is 5.28. The third kappa shape index (κ3) is 2.06. The number of aryl methyl sites for hydroxylation is 1. The molecule has 0 unspecified atom stereocenters. The van der Waals surface area contributed by atoms with Crippen molar-refractivity contribution in [2.45, 2.75) is 38.6 Å². The molecule has 0 aromatic heterocycles. The zero-order valence-corrected chi connectivity index (χ0v) is 8.52. The fraction of sp³-hybridized carbons (Fsp3) is 0.500. The number of rotatable bonds is 2. The fourth-order valence-corrected chi connectivity index (χ4v) is 2.08. The van der Waals surface area contributed by atoms with Crippen LogP contribution in [0, 0.1) is 12.7 Å². The molecule has 1 aromatic rings. The Hall–Kier alpha value is -1.05. The predicted molar refractivity (Wildman–Crippen MR) is 57.0 cm³/mol. The smallest absolute Gasteiger partial charge is 0.123 e. The van der Waals surface area contributed by atoms with Crippen LogP contribution in [-0.4, -0.2) is 6.04 Å². The molecule has 0 spiro atoms. The van der Waals surface area contributed by atoms with Gasteiger partial charge >= 0.3 is 0 Å². The molecule has 0 saturated heterocycles. The molecule has 2 rings (SSSR count). The first-order chi connectivity index (χ1) is 6.75. The van der Waals surface area contributed by atoms with E-state index in [0.717, 1.165) is 11.3 Å². The van der Waals surface area contributed by atoms with Gasteiger partial charge in [0.25, 0.3) is 0 Å². The lowest BCUT2D eigenvalue weighted by molar-refractivity contribution is 0.626. The summed E-state index contributed by atoms with van der Waals surface area (Å²) < 4.78 is 12.8. The number of hydrogen-bond donors (Lipinski definition) is 1. The van der Waals surface area contributed by atoms with Gasteiger partial charge in [0.2, 0.25) is 0 Å². The second kappa shape index (κ2) is 3.99. The molecule has 0 amide bonds. The maximum absolute atomic E-state index is 12.8. The van der Waals surface area contributed by atoms with Gasteiger partial charge in [-0.15, -0.1) is 0 Å². The summed E-state index contributed by atoms with van der Waals surface area (Å²) in [7, 11) is 0. The van der Waals surface area contributed by atoms with Crippen molar-refractivity contribution >= 4 is 5.69 Å². The number of halogens is 1. The first kappa shape index (κ1) is 9.50. The lowest BCUT2D eigenvalue weighted by atomic mass is 10.1. The van der Waals surface area contributed by atoms with Gasteiger partial charge in [0.1, 0.15) is 5.82 Å². The molecule has 0 atom stereocenters. The molecule has 1 nitrogen and oxygen atoms in total. The van der Waals surface area contributed by atoms with E-state index in [2.05, 4.69) is 5.32 Å². The van der Waals surface area contributed by atoms with Crippen molar-refractivity contribution in [1.82, 2.24) is 0 Å². The van der Waals surface area contributed by atoms with Gasteiger partial charge in [-0.25, -0.2) is 4.39 Å². The second-order valence-corrected chi connectivity index (χ2v) is 4.08. The van der Waals surface area contributed by atoms with Crippen LogP contribution < -0.4 is 5.32 Å². The lowest BCUT2D eigenvalue weighted by Gasteiger charge is -2.15. The van der Waals surface area contributed by atoms with Crippen LogP contribution in [0.1, 0.15) is 31.2 Å². The van der Waals surface area contributed by atoms with Crippen LogP contribution in [0.5, 0.6) is 0 Å². The summed E-state index contributed by atoms with van der Waals surface area (Å²) in [6, 6.07) is 5.53. The van der Waals surface area contributed by atoms with Crippen molar-refractivity contribution in [2.24, 2.45) is 0 Å². The summed E-state index contributed by atoms with van der Waals surface area (Å²) in [4.78, 5) is 0. The molecule has 0 radical (unpaired) electrons. The van der Waals surface area contributed by atoms with Gasteiger partial charge < -0.3 is 5.32 Å². The van der Waals surface area contributed by atoms with Crippen LogP contribution in [0.2, 0.25) is 0 Å². The van der Waals surface area contributed by atoms with E-state index in [1.54, 1.807) is 6.07 Å². The summed E-state index contributed by atoms with van der Waals surface area (Å²) in [6.07, 6.45) is 5.13. The van der Waals surface area contributed by atoms with E-state index in [-0.39, 0.29) is 5.82 Å². The van der Waals surface area contributed by atoms with Crippen molar-refractivity contribution in [1.29, 1.82) is 0 Å². The molecule has 1 N–H and O–H groups in total. The van der Waals surface area contributed by atoms with Crippen LogP contribution >= 0.6 is 0 Å². The molecule has 1 aromatic carbocycles. The minimum absolute atomic E-state index is 0.153. The van der Waals surface area contributed by atoms with Crippen molar-refractivity contribution in [2.75, 3.05) is 5.32 Å². The Morgan fingerprint density at radius 1 is 1.29 bits per heavy atom. The second-order valence-electron chi connectivity index (χ2n) is 4.08. The molecule has 1 aliphatic rings. The quantitative estimate of drug-likeness (QED) is 0.758. The normalized spacial score (nSPS) is 17.3. The van der Waals surface area contributed by atoms with E-state index in [1.807, 2.05) is 13.0 Å². The fourth-order valence-electron chi connectivity index (χ4n) is 2.08. The summed E-state index contributed by atoms with van der Waals surface area (Å²) in [5, 5.41) is 3.47. The molecule has 0 aliphatic heterocycles. The van der Waals surface area contributed by atoms with Gasteiger partial charge in [-0.05, 0) is 43.5 Å². The van der Waals surface area contributed by atoms with Gasteiger partial charge in [0.15, 0.2) is 0 Å². The molecule has 1 saturated carbocycles. The zero-order valence-electron chi connectivity index (χ0n) is 8.52. The summed E-state index contributed by atoms with van der Waals surface area (Å²) in [5.74, 6) is -0.153. The average Bonchev–Trinajstić information content (AvgIpc) is 2.62. The molecule has 0 heterocycles. The zero-order chi connectivity index (χ0) is 9.97. The van der Waals surface area contributed by atoms with Crippen LogP contribution in [0.15, 0.2) is 18.2 Å². The van der Waals surface area contributed by atoms with Crippen LogP contribution in [0.3, 0.4) is 0 Å². The molecule has 1 aliphatic carbocycles. The van der Waals surface area contributed by atoms with Crippen molar-refractivity contribution in [3.05, 3.63) is 29.6 Å². The van der Waals surface area contributed by atoms with Gasteiger partial charge in [-0.1, -0.05) is 12.8 Å². The molecule has 2 heteroatoms. The highest BCUT2D eigenvalue weighted by Gasteiger charge is 2.14. The first-order valence-corrected chi connectivity index (χ1v) is 5.28. The maximum atomic E-state index is 12.8. The number of anilines is 1. The van der Waals surface area contributed by atoms with E-state index in [1.165, 1.54) is 31.7 Å². The third-order valence-corrected chi connectivity index (χ3v) is 2.90. The van der Waals surface area contributed by atoms with Crippen LogP contribution in [-0.2, 0) is 0 Å². The van der Waals surface area contributed by atoms with Crippen LogP contribution in [0.25, 0.3) is 0 Å². The van der Waals surface area contributed by atoms with Crippen molar-refractivity contribution in [3.8, 4) is 0 Å². The minimum Gasteiger partial charge on any atom is -0.382 e. The molecular weight excluding hydrogens is 177 g/mol. The Morgan fingerprint density at radius 3 is 2.64 bits per heavy atom.